The van der Waals surface area contributed by atoms with E-state index in [1.54, 1.807) is 4.57 Å². The molecular formula is C13H17Cl2N3O. The minimum Gasteiger partial charge on any atom is -0.306 e. The minimum absolute atomic E-state index is 0.0714. The lowest BCUT2D eigenvalue weighted by Gasteiger charge is -2.19. The molecule has 6 heteroatoms. The maximum absolute atomic E-state index is 11.9. The molecule has 1 N–H and O–H groups in total. The van der Waals surface area contributed by atoms with E-state index in [1.807, 2.05) is 24.3 Å². The number of benzene rings is 1. The molecule has 4 nitrogen and oxygen atoms in total. The van der Waals surface area contributed by atoms with Crippen molar-refractivity contribution in [2.45, 2.75) is 6.54 Å². The first kappa shape index (κ1) is 14.4. The van der Waals surface area contributed by atoms with Crippen molar-refractivity contribution in [1.29, 1.82) is 0 Å². The molecular weight excluding hydrogens is 285 g/mol. The number of hydrogen-bond acceptors (Lipinski definition) is 2. The van der Waals surface area contributed by atoms with Gasteiger partial charge in [-0.2, -0.15) is 0 Å². The molecule has 0 saturated heterocycles. The van der Waals surface area contributed by atoms with Crippen LogP contribution in [0.1, 0.15) is 0 Å². The highest BCUT2D eigenvalue weighted by atomic mass is 35.5. The van der Waals surface area contributed by atoms with Crippen LogP contribution < -0.4 is 5.69 Å². The molecule has 0 spiro atoms. The van der Waals surface area contributed by atoms with E-state index in [9.17, 15) is 4.79 Å². The third-order valence-corrected chi connectivity index (χ3v) is 3.46. The van der Waals surface area contributed by atoms with Crippen LogP contribution in [0.4, 0.5) is 0 Å². The number of para-hydroxylation sites is 2. The molecule has 1 heterocycles. The monoisotopic (exact) mass is 301 g/mol. The Kier molecular flexibility index (Phi) is 5.31. The van der Waals surface area contributed by atoms with Crippen molar-refractivity contribution in [3.8, 4) is 0 Å². The smallest absolute Gasteiger partial charge is 0.306 e. The Balaban J connectivity index is 2.12. The van der Waals surface area contributed by atoms with Gasteiger partial charge in [0.25, 0.3) is 0 Å². The van der Waals surface area contributed by atoms with Crippen molar-refractivity contribution in [1.82, 2.24) is 14.5 Å². The zero-order chi connectivity index (χ0) is 13.7. The molecule has 1 aromatic heterocycles. The molecule has 0 fully saturated rings. The lowest BCUT2D eigenvalue weighted by molar-refractivity contribution is 0.294. The second-order valence-corrected chi connectivity index (χ2v) is 5.07. The lowest BCUT2D eigenvalue weighted by Crippen LogP contribution is -2.33. The number of imidazole rings is 1. The summed E-state index contributed by atoms with van der Waals surface area (Å²) >= 11 is 11.5. The number of aromatic nitrogens is 2. The van der Waals surface area contributed by atoms with Crippen molar-refractivity contribution in [2.24, 2.45) is 0 Å². The zero-order valence-electron chi connectivity index (χ0n) is 10.6. The Morgan fingerprint density at radius 2 is 1.79 bits per heavy atom. The molecule has 0 aliphatic carbocycles. The highest BCUT2D eigenvalue weighted by molar-refractivity contribution is 6.18. The number of fused-ring (bicyclic) bond motifs is 1. The van der Waals surface area contributed by atoms with Gasteiger partial charge in [-0.05, 0) is 12.1 Å². The van der Waals surface area contributed by atoms with Crippen LogP contribution in [-0.4, -0.2) is 45.8 Å². The maximum atomic E-state index is 11.9. The van der Waals surface area contributed by atoms with Gasteiger partial charge in [-0.3, -0.25) is 9.47 Å². The van der Waals surface area contributed by atoms with Gasteiger partial charge in [0.1, 0.15) is 0 Å². The fourth-order valence-corrected chi connectivity index (χ4v) is 2.62. The minimum atomic E-state index is -0.0714. The summed E-state index contributed by atoms with van der Waals surface area (Å²) in [5.74, 6) is 1.14. The van der Waals surface area contributed by atoms with Gasteiger partial charge in [0.15, 0.2) is 0 Å². The predicted molar refractivity (Wildman–Crippen MR) is 80.4 cm³/mol. The van der Waals surface area contributed by atoms with Gasteiger partial charge in [-0.1, -0.05) is 12.1 Å². The van der Waals surface area contributed by atoms with Crippen LogP contribution in [0.25, 0.3) is 11.0 Å². The van der Waals surface area contributed by atoms with Gasteiger partial charge < -0.3 is 4.98 Å². The van der Waals surface area contributed by atoms with Gasteiger partial charge in [-0.15, -0.1) is 23.2 Å². The summed E-state index contributed by atoms with van der Waals surface area (Å²) < 4.78 is 1.75. The first-order valence-electron chi connectivity index (χ1n) is 6.28. The predicted octanol–water partition coefficient (Wildman–Crippen LogP) is 2.11. The Hall–Kier alpha value is -0.970. The van der Waals surface area contributed by atoms with Crippen LogP contribution in [0.5, 0.6) is 0 Å². The Morgan fingerprint density at radius 1 is 1.11 bits per heavy atom. The number of aromatic amines is 1. The molecule has 1 aromatic carbocycles. The summed E-state index contributed by atoms with van der Waals surface area (Å²) in [6, 6.07) is 7.69. The van der Waals surface area contributed by atoms with Crippen LogP contribution >= 0.6 is 23.2 Å². The van der Waals surface area contributed by atoms with Crippen LogP contribution in [0.15, 0.2) is 29.1 Å². The summed E-state index contributed by atoms with van der Waals surface area (Å²) in [7, 11) is 0. The molecule has 19 heavy (non-hydrogen) atoms. The molecule has 2 rings (SSSR count). The van der Waals surface area contributed by atoms with Crippen LogP contribution in [-0.2, 0) is 6.54 Å². The molecule has 0 radical (unpaired) electrons. The number of nitrogens with zero attached hydrogens (tertiary/aromatic N) is 2. The number of hydrogen-bond donors (Lipinski definition) is 1. The molecule has 0 bridgehead atoms. The van der Waals surface area contributed by atoms with E-state index in [1.165, 1.54) is 0 Å². The van der Waals surface area contributed by atoms with E-state index < -0.39 is 0 Å². The fourth-order valence-electron chi connectivity index (χ4n) is 2.14. The van der Waals surface area contributed by atoms with E-state index >= 15 is 0 Å². The van der Waals surface area contributed by atoms with Crippen LogP contribution in [0.2, 0.25) is 0 Å². The van der Waals surface area contributed by atoms with Crippen molar-refractivity contribution in [3.05, 3.63) is 34.7 Å². The highest BCUT2D eigenvalue weighted by Crippen LogP contribution is 2.08. The zero-order valence-corrected chi connectivity index (χ0v) is 12.1. The van der Waals surface area contributed by atoms with E-state index in [2.05, 4.69) is 9.88 Å². The summed E-state index contributed by atoms with van der Waals surface area (Å²) in [5.41, 5.74) is 1.73. The van der Waals surface area contributed by atoms with Gasteiger partial charge in [-0.25, -0.2) is 4.79 Å². The van der Waals surface area contributed by atoms with E-state index in [-0.39, 0.29) is 5.69 Å². The number of halogens is 2. The van der Waals surface area contributed by atoms with Crippen LogP contribution in [0, 0.1) is 0 Å². The number of rotatable bonds is 7. The fraction of sp³-hybridized carbons (Fsp3) is 0.462. The van der Waals surface area contributed by atoms with E-state index in [0.29, 0.717) is 18.3 Å². The standard InChI is InChI=1S/C13H17Cl2N3O/c14-5-7-17(8-6-15)9-10-18-12-4-2-1-3-11(12)16-13(18)19/h1-4H,5-10H2,(H,16,19). The summed E-state index contributed by atoms with van der Waals surface area (Å²) in [6.45, 7) is 2.97. The molecule has 0 aliphatic heterocycles. The Bertz CT molecular complexity index is 573. The molecule has 0 aliphatic rings. The summed E-state index contributed by atoms with van der Waals surface area (Å²) in [4.78, 5) is 16.9. The average Bonchev–Trinajstić information content (AvgIpc) is 2.72. The molecule has 0 unspecified atom stereocenters. The van der Waals surface area contributed by atoms with Crippen LogP contribution in [0.3, 0.4) is 0 Å². The molecule has 0 atom stereocenters. The largest absolute Gasteiger partial charge is 0.326 e. The van der Waals surface area contributed by atoms with Gasteiger partial charge in [0, 0.05) is 37.9 Å². The van der Waals surface area contributed by atoms with Crippen molar-refractivity contribution in [3.63, 3.8) is 0 Å². The van der Waals surface area contributed by atoms with Gasteiger partial charge in [0.05, 0.1) is 11.0 Å². The second kappa shape index (κ2) is 6.98. The summed E-state index contributed by atoms with van der Waals surface area (Å²) in [5, 5.41) is 0. The first-order chi connectivity index (χ1) is 9.26. The normalized spacial score (nSPS) is 11.5. The van der Waals surface area contributed by atoms with Crippen molar-refractivity contribution < 1.29 is 0 Å². The molecule has 0 amide bonds. The van der Waals surface area contributed by atoms with Crippen molar-refractivity contribution >= 4 is 34.2 Å². The van der Waals surface area contributed by atoms with E-state index in [0.717, 1.165) is 30.7 Å². The van der Waals surface area contributed by atoms with E-state index in [4.69, 9.17) is 23.2 Å². The number of H-pyrrole nitrogens is 1. The maximum Gasteiger partial charge on any atom is 0.326 e. The highest BCUT2D eigenvalue weighted by Gasteiger charge is 2.08. The quantitative estimate of drug-likeness (QED) is 0.796. The molecule has 104 valence electrons. The molecule has 2 aromatic rings. The second-order valence-electron chi connectivity index (χ2n) is 4.32. The van der Waals surface area contributed by atoms with Gasteiger partial charge in [0.2, 0.25) is 0 Å². The third kappa shape index (κ3) is 3.53. The number of alkyl halides is 2. The topological polar surface area (TPSA) is 41.0 Å². The third-order valence-electron chi connectivity index (χ3n) is 3.12. The van der Waals surface area contributed by atoms with Crippen molar-refractivity contribution in [2.75, 3.05) is 31.4 Å². The lowest BCUT2D eigenvalue weighted by atomic mass is 10.3. The molecule has 0 saturated carbocycles. The first-order valence-corrected chi connectivity index (χ1v) is 7.35. The Labute approximate surface area is 121 Å². The number of nitrogens with one attached hydrogen (secondary N) is 1. The van der Waals surface area contributed by atoms with Gasteiger partial charge >= 0.3 is 5.69 Å². The SMILES string of the molecule is O=c1[nH]c2ccccc2n1CCN(CCCl)CCCl. The average molecular weight is 302 g/mol. The summed E-state index contributed by atoms with van der Waals surface area (Å²) in [6.07, 6.45) is 0. The Morgan fingerprint density at radius 3 is 2.47 bits per heavy atom.